The van der Waals surface area contributed by atoms with E-state index >= 15 is 0 Å². The van der Waals surface area contributed by atoms with Crippen LogP contribution in [0.3, 0.4) is 0 Å². The summed E-state index contributed by atoms with van der Waals surface area (Å²) in [5.41, 5.74) is 8.74. The number of nitrogens with one attached hydrogen (secondary N) is 1. The minimum atomic E-state index is -0.259. The molecule has 43 heavy (non-hydrogen) atoms. The molecule has 3 aliphatic rings. The van der Waals surface area contributed by atoms with Crippen LogP contribution in [-0.2, 0) is 4.79 Å². The van der Waals surface area contributed by atoms with Gasteiger partial charge < -0.3 is 15.1 Å². The summed E-state index contributed by atoms with van der Waals surface area (Å²) >= 11 is 1.65. The van der Waals surface area contributed by atoms with E-state index in [-0.39, 0.29) is 11.4 Å². The van der Waals surface area contributed by atoms with Crippen molar-refractivity contribution in [2.24, 2.45) is 5.41 Å². The van der Waals surface area contributed by atoms with E-state index in [0.717, 1.165) is 41.3 Å². The molecule has 1 aliphatic carbocycles. The van der Waals surface area contributed by atoms with Gasteiger partial charge in [0.05, 0.1) is 23.3 Å². The largest absolute Gasteiger partial charge is 0.346 e. The summed E-state index contributed by atoms with van der Waals surface area (Å²) in [6.07, 6.45) is 4.39. The maximum atomic E-state index is 12.4. The van der Waals surface area contributed by atoms with Crippen molar-refractivity contribution in [3.05, 3.63) is 58.9 Å². The van der Waals surface area contributed by atoms with Crippen LogP contribution in [0.25, 0.3) is 22.0 Å². The number of aromatic nitrogens is 4. The van der Waals surface area contributed by atoms with Crippen molar-refractivity contribution in [2.45, 2.75) is 77.8 Å². The zero-order valence-corrected chi connectivity index (χ0v) is 27.3. The van der Waals surface area contributed by atoms with E-state index in [1.54, 1.807) is 18.9 Å². The quantitative estimate of drug-likeness (QED) is 0.302. The normalized spacial score (nSPS) is 19.6. The molecule has 4 aromatic rings. The Labute approximate surface area is 258 Å². The summed E-state index contributed by atoms with van der Waals surface area (Å²) in [7, 11) is 0. The van der Waals surface area contributed by atoms with Crippen LogP contribution in [0.1, 0.15) is 62.0 Å². The average molecular weight is 598 g/mol. The van der Waals surface area contributed by atoms with Crippen molar-refractivity contribution >= 4 is 34.6 Å². The summed E-state index contributed by atoms with van der Waals surface area (Å²) in [4.78, 5) is 18.0. The van der Waals surface area contributed by atoms with Crippen molar-refractivity contribution in [1.29, 1.82) is 0 Å². The highest BCUT2D eigenvalue weighted by Crippen LogP contribution is 2.53. The third-order valence-electron chi connectivity index (χ3n) is 10.2. The van der Waals surface area contributed by atoms with Gasteiger partial charge in [0.2, 0.25) is 5.91 Å². The Balaban J connectivity index is 1.37. The second-order valence-electron chi connectivity index (χ2n) is 13.8. The van der Waals surface area contributed by atoms with E-state index in [9.17, 15) is 4.79 Å². The monoisotopic (exact) mass is 597 g/mol. The number of amides is 1. The average Bonchev–Trinajstić information content (AvgIpc) is 3.44. The minimum absolute atomic E-state index is 0.137. The zero-order valence-electron chi connectivity index (χ0n) is 26.5. The molecule has 2 aliphatic heterocycles. The molecular formula is C34H43N7OS. The van der Waals surface area contributed by atoms with Gasteiger partial charge in [0.1, 0.15) is 0 Å². The summed E-state index contributed by atoms with van der Waals surface area (Å²) < 4.78 is 4.39. The molecule has 0 unspecified atom stereocenters. The minimum Gasteiger partial charge on any atom is -0.346 e. The molecule has 1 amide bonds. The van der Waals surface area contributed by atoms with Crippen LogP contribution >= 0.6 is 11.9 Å². The molecule has 1 saturated carbocycles. The van der Waals surface area contributed by atoms with Crippen LogP contribution in [0, 0.1) is 33.1 Å². The first-order valence-electron chi connectivity index (χ1n) is 15.5. The summed E-state index contributed by atoms with van der Waals surface area (Å²) in [5, 5.41) is 15.0. The van der Waals surface area contributed by atoms with E-state index in [0.29, 0.717) is 24.5 Å². The maximum Gasteiger partial charge on any atom is 0.219 e. The predicted molar refractivity (Wildman–Crippen MR) is 175 cm³/mol. The number of aryl methyl sites for hydroxylation is 2. The van der Waals surface area contributed by atoms with E-state index in [1.165, 1.54) is 46.4 Å². The van der Waals surface area contributed by atoms with Gasteiger partial charge in [-0.1, -0.05) is 17.7 Å². The Morgan fingerprint density at radius 3 is 2.37 bits per heavy atom. The highest BCUT2D eigenvalue weighted by atomic mass is 32.2. The molecule has 9 heteroatoms. The van der Waals surface area contributed by atoms with Crippen molar-refractivity contribution in [2.75, 3.05) is 37.6 Å². The fourth-order valence-electron chi connectivity index (χ4n) is 7.51. The first kappa shape index (κ1) is 28.5. The first-order valence-corrected chi connectivity index (χ1v) is 16.3. The third kappa shape index (κ3) is 4.67. The van der Waals surface area contributed by atoms with Crippen LogP contribution in [-0.4, -0.2) is 68.0 Å². The topological polar surface area (TPSA) is 71.2 Å². The molecule has 8 nitrogen and oxygen atoms in total. The number of carbonyl (C=O) groups excluding carboxylic acids is 1. The highest BCUT2D eigenvalue weighted by molar-refractivity contribution is 7.98. The SMILES string of the molecule is CC(=O)N1CCN(c2nn(C3CC4(CNC4)C3)c(C)c2-c2c(C)c(C)cc3c2cnn3Sc2ccc(C)cc2)C(C)(C)C1. The number of piperazine rings is 1. The molecule has 3 fully saturated rings. The van der Waals surface area contributed by atoms with E-state index < -0.39 is 0 Å². The standard InChI is InChI=1S/C34H43N7OS/c1-21-8-10-27(11-9-21)43-41-29-14-22(2)23(3)30(28(29)17-36-41)31-24(4)40(26-15-34(16-26)18-35-19-34)37-32(31)39-13-12-38(25(5)42)20-33(39,6)7/h8-11,14,17,26,35H,12-13,15-16,18-20H2,1-7H3. The lowest BCUT2D eigenvalue weighted by atomic mass is 9.61. The Hall–Kier alpha value is -3.30. The van der Waals surface area contributed by atoms with Gasteiger partial charge in [-0.2, -0.15) is 10.2 Å². The number of carbonyl (C=O) groups is 1. The smallest absolute Gasteiger partial charge is 0.219 e. The lowest BCUT2D eigenvalue weighted by molar-refractivity contribution is -0.130. The zero-order chi connectivity index (χ0) is 30.3. The molecule has 7 rings (SSSR count). The molecule has 1 N–H and O–H groups in total. The molecule has 1 spiro atoms. The number of hydrogen-bond donors (Lipinski definition) is 1. The van der Waals surface area contributed by atoms with E-state index in [4.69, 9.17) is 10.2 Å². The number of anilines is 1. The Bertz CT molecular complexity index is 1720. The molecule has 226 valence electrons. The summed E-state index contributed by atoms with van der Waals surface area (Å²) in [6.45, 7) is 19.4. The van der Waals surface area contributed by atoms with Gasteiger partial charge in [0.15, 0.2) is 5.82 Å². The van der Waals surface area contributed by atoms with Crippen LogP contribution in [0.15, 0.2) is 41.4 Å². The number of hydrogen-bond acceptors (Lipinski definition) is 6. The van der Waals surface area contributed by atoms with Crippen LogP contribution < -0.4 is 10.2 Å². The Kier molecular flexibility index (Phi) is 6.70. The second kappa shape index (κ2) is 10.1. The van der Waals surface area contributed by atoms with E-state index in [1.807, 2.05) is 11.1 Å². The molecule has 2 aromatic heterocycles. The molecule has 0 radical (unpaired) electrons. The summed E-state index contributed by atoms with van der Waals surface area (Å²) in [6, 6.07) is 11.3. The van der Waals surface area contributed by atoms with E-state index in [2.05, 4.69) is 90.9 Å². The number of rotatable bonds is 5. The van der Waals surface area contributed by atoms with Crippen LogP contribution in [0.5, 0.6) is 0 Å². The third-order valence-corrected chi connectivity index (χ3v) is 11.2. The lowest BCUT2D eigenvalue weighted by Gasteiger charge is -2.54. The molecule has 4 heterocycles. The molecular weight excluding hydrogens is 554 g/mol. The molecule has 0 atom stereocenters. The van der Waals surface area contributed by atoms with Gasteiger partial charge in [-0.15, -0.1) is 0 Å². The van der Waals surface area contributed by atoms with Crippen molar-refractivity contribution in [3.63, 3.8) is 0 Å². The van der Waals surface area contributed by atoms with Crippen molar-refractivity contribution < 1.29 is 4.79 Å². The number of fused-ring (bicyclic) bond motifs is 1. The van der Waals surface area contributed by atoms with Crippen molar-refractivity contribution in [1.82, 2.24) is 29.2 Å². The number of nitrogens with zero attached hydrogens (tertiary/aromatic N) is 6. The number of benzene rings is 2. The fourth-order valence-corrected chi connectivity index (χ4v) is 8.31. The molecule has 0 bridgehead atoms. The van der Waals surface area contributed by atoms with Gasteiger partial charge in [-0.25, -0.2) is 4.09 Å². The molecule has 2 saturated heterocycles. The Morgan fingerprint density at radius 2 is 1.74 bits per heavy atom. The molecule has 2 aromatic carbocycles. The van der Waals surface area contributed by atoms with Crippen LogP contribution in [0.4, 0.5) is 5.82 Å². The highest BCUT2D eigenvalue weighted by Gasteiger charge is 2.50. The Morgan fingerprint density at radius 1 is 1.02 bits per heavy atom. The maximum absolute atomic E-state index is 12.4. The van der Waals surface area contributed by atoms with Gasteiger partial charge in [0, 0.05) is 78.7 Å². The lowest BCUT2D eigenvalue weighted by Crippen LogP contribution is -2.61. The second-order valence-corrected chi connectivity index (χ2v) is 14.8. The fraction of sp³-hybridized carbons (Fsp3) is 0.500. The summed E-state index contributed by atoms with van der Waals surface area (Å²) in [5.74, 6) is 1.17. The van der Waals surface area contributed by atoms with Crippen molar-refractivity contribution in [3.8, 4) is 11.1 Å². The first-order chi connectivity index (χ1) is 20.5. The van der Waals surface area contributed by atoms with Gasteiger partial charge in [-0.05, 0) is 89.1 Å². The van der Waals surface area contributed by atoms with Gasteiger partial charge >= 0.3 is 0 Å². The van der Waals surface area contributed by atoms with Gasteiger partial charge in [0.25, 0.3) is 0 Å². The predicted octanol–water partition coefficient (Wildman–Crippen LogP) is 6.06. The van der Waals surface area contributed by atoms with Gasteiger partial charge in [-0.3, -0.25) is 9.48 Å². The van der Waals surface area contributed by atoms with Crippen LogP contribution in [0.2, 0.25) is 0 Å².